The molecule has 8 nitrogen and oxygen atoms in total. The smallest absolute Gasteiger partial charge is 0.344 e. The number of hydrogen-bond acceptors (Lipinski definition) is 7. The van der Waals surface area contributed by atoms with Gasteiger partial charge in [0.15, 0.2) is 6.10 Å². The number of esters is 1. The number of rotatable bonds is 7. The number of nitrogens with one attached hydrogen (secondary N) is 1. The zero-order chi connectivity index (χ0) is 19.5. The van der Waals surface area contributed by atoms with E-state index in [0.29, 0.717) is 29.1 Å². The van der Waals surface area contributed by atoms with Gasteiger partial charge in [-0.2, -0.15) is 0 Å². The van der Waals surface area contributed by atoms with Crippen molar-refractivity contribution in [3.63, 3.8) is 0 Å². The maximum atomic E-state index is 12.4. The number of anilines is 1. The number of nitrogens with zero attached hydrogens (tertiary/aromatic N) is 1. The summed E-state index contributed by atoms with van der Waals surface area (Å²) in [6, 6.07) is 5.84. The van der Waals surface area contributed by atoms with Crippen LogP contribution in [0.1, 0.15) is 46.0 Å². The fourth-order valence-corrected chi connectivity index (χ4v) is 2.91. The number of sulfonamides is 1. The molecule has 0 radical (unpaired) electrons. The van der Waals surface area contributed by atoms with Gasteiger partial charge < -0.3 is 9.26 Å². The normalized spacial score (nSPS) is 12.5. The molecule has 0 bridgehead atoms. The van der Waals surface area contributed by atoms with E-state index in [9.17, 15) is 18.0 Å². The Labute approximate surface area is 151 Å². The molecule has 0 aliphatic carbocycles. The molecule has 1 atom stereocenters. The van der Waals surface area contributed by atoms with Crippen molar-refractivity contribution in [2.24, 2.45) is 0 Å². The summed E-state index contributed by atoms with van der Waals surface area (Å²) in [7, 11) is -3.40. The van der Waals surface area contributed by atoms with Crippen molar-refractivity contribution in [3.05, 3.63) is 46.8 Å². The number of carbonyl (C=O) groups is 2. The van der Waals surface area contributed by atoms with Gasteiger partial charge in [-0.3, -0.25) is 9.52 Å². The molecule has 0 saturated heterocycles. The van der Waals surface area contributed by atoms with Crippen molar-refractivity contribution in [1.29, 1.82) is 0 Å². The van der Waals surface area contributed by atoms with Gasteiger partial charge in [0.1, 0.15) is 11.3 Å². The standard InChI is InChI=1S/C17H20N2O6S/c1-5-14-15(10(2)25-18-14)17(21)24-11(3)16(20)12-6-8-13(9-7-12)19-26(4,22)23/h6-9,11,19H,5H2,1-4H3. The van der Waals surface area contributed by atoms with Crippen LogP contribution in [0.15, 0.2) is 28.8 Å². The summed E-state index contributed by atoms with van der Waals surface area (Å²) in [5, 5.41) is 3.79. The van der Waals surface area contributed by atoms with E-state index in [0.717, 1.165) is 6.26 Å². The minimum absolute atomic E-state index is 0.236. The predicted octanol–water partition coefficient (Wildman–Crippen LogP) is 2.35. The van der Waals surface area contributed by atoms with Gasteiger partial charge in [0, 0.05) is 11.3 Å². The van der Waals surface area contributed by atoms with Gasteiger partial charge in [-0.1, -0.05) is 12.1 Å². The molecular weight excluding hydrogens is 360 g/mol. The quantitative estimate of drug-likeness (QED) is 0.579. The summed E-state index contributed by atoms with van der Waals surface area (Å²) in [5.74, 6) is -0.740. The zero-order valence-corrected chi connectivity index (χ0v) is 15.7. The van der Waals surface area contributed by atoms with E-state index in [1.54, 1.807) is 6.92 Å². The summed E-state index contributed by atoms with van der Waals surface area (Å²) >= 11 is 0. The van der Waals surface area contributed by atoms with Crippen molar-refractivity contribution in [1.82, 2.24) is 5.16 Å². The number of ether oxygens (including phenoxy) is 1. The first kappa shape index (κ1) is 19.6. The largest absolute Gasteiger partial charge is 0.451 e. The number of benzene rings is 1. The molecule has 1 aromatic carbocycles. The van der Waals surface area contributed by atoms with Crippen LogP contribution in [0, 0.1) is 6.92 Å². The predicted molar refractivity (Wildman–Crippen MR) is 94.7 cm³/mol. The molecule has 0 fully saturated rings. The number of carbonyl (C=O) groups excluding carboxylic acids is 2. The van der Waals surface area contributed by atoms with Gasteiger partial charge in [-0.05, 0) is 44.5 Å². The summed E-state index contributed by atoms with van der Waals surface area (Å²) in [6.07, 6.45) is 0.513. The Morgan fingerprint density at radius 2 is 1.88 bits per heavy atom. The van der Waals surface area contributed by atoms with Gasteiger partial charge in [-0.15, -0.1) is 0 Å². The second kappa shape index (κ2) is 7.69. The lowest BCUT2D eigenvalue weighted by Gasteiger charge is -2.13. The number of Topliss-reactive ketones (excluding diaryl/α,β-unsaturated/α-hetero) is 1. The van der Waals surface area contributed by atoms with E-state index in [-0.39, 0.29) is 5.56 Å². The van der Waals surface area contributed by atoms with Crippen LogP contribution in [0.5, 0.6) is 0 Å². The van der Waals surface area contributed by atoms with E-state index in [2.05, 4.69) is 9.88 Å². The van der Waals surface area contributed by atoms with Crippen LogP contribution in [-0.4, -0.2) is 37.7 Å². The molecule has 1 aromatic heterocycles. The van der Waals surface area contributed by atoms with Crippen molar-refractivity contribution in [2.45, 2.75) is 33.3 Å². The lowest BCUT2D eigenvalue weighted by molar-refractivity contribution is 0.0316. The molecule has 0 spiro atoms. The Morgan fingerprint density at radius 1 is 1.27 bits per heavy atom. The van der Waals surface area contributed by atoms with E-state index in [1.165, 1.54) is 31.2 Å². The first-order chi connectivity index (χ1) is 12.1. The van der Waals surface area contributed by atoms with Crippen LogP contribution in [-0.2, 0) is 21.2 Å². The number of hydrogen-bond donors (Lipinski definition) is 1. The minimum atomic E-state index is -3.40. The first-order valence-electron chi connectivity index (χ1n) is 7.90. The second-order valence-electron chi connectivity index (χ2n) is 5.78. The summed E-state index contributed by atoms with van der Waals surface area (Å²) in [4.78, 5) is 24.7. The van der Waals surface area contributed by atoms with Gasteiger partial charge in [0.05, 0.1) is 11.9 Å². The highest BCUT2D eigenvalue weighted by molar-refractivity contribution is 7.92. The molecule has 0 aliphatic rings. The molecular formula is C17H20N2O6S. The van der Waals surface area contributed by atoms with E-state index < -0.39 is 27.9 Å². The maximum absolute atomic E-state index is 12.4. The molecule has 0 aliphatic heterocycles. The third-order valence-corrected chi connectivity index (χ3v) is 4.20. The minimum Gasteiger partial charge on any atom is -0.451 e. The van der Waals surface area contributed by atoms with Gasteiger partial charge in [0.25, 0.3) is 0 Å². The van der Waals surface area contributed by atoms with Gasteiger partial charge >= 0.3 is 5.97 Å². The number of aromatic nitrogens is 1. The molecule has 1 heterocycles. The van der Waals surface area contributed by atoms with Crippen molar-refractivity contribution in [2.75, 3.05) is 11.0 Å². The number of aryl methyl sites for hydroxylation is 2. The molecule has 0 saturated carbocycles. The Morgan fingerprint density at radius 3 is 2.42 bits per heavy atom. The third kappa shape index (κ3) is 4.69. The van der Waals surface area contributed by atoms with Crippen LogP contribution in [0.3, 0.4) is 0 Å². The average molecular weight is 380 g/mol. The number of ketones is 1. The molecule has 9 heteroatoms. The lowest BCUT2D eigenvalue weighted by atomic mass is 10.1. The Hall–Kier alpha value is -2.68. The SMILES string of the molecule is CCc1noc(C)c1C(=O)OC(C)C(=O)c1ccc(NS(C)(=O)=O)cc1. The van der Waals surface area contributed by atoms with E-state index in [1.807, 2.05) is 6.92 Å². The van der Waals surface area contributed by atoms with Crippen molar-refractivity contribution >= 4 is 27.5 Å². The second-order valence-corrected chi connectivity index (χ2v) is 7.53. The Bertz CT molecular complexity index is 915. The van der Waals surface area contributed by atoms with Crippen LogP contribution in [0.2, 0.25) is 0 Å². The summed E-state index contributed by atoms with van der Waals surface area (Å²) < 4.78 is 34.9. The summed E-state index contributed by atoms with van der Waals surface area (Å²) in [6.45, 7) is 4.90. The van der Waals surface area contributed by atoms with Crippen molar-refractivity contribution < 1.29 is 27.3 Å². The van der Waals surface area contributed by atoms with Crippen molar-refractivity contribution in [3.8, 4) is 0 Å². The third-order valence-electron chi connectivity index (χ3n) is 3.60. The molecule has 2 rings (SSSR count). The van der Waals surface area contributed by atoms with Crippen LogP contribution < -0.4 is 4.72 Å². The molecule has 2 aromatic rings. The van der Waals surface area contributed by atoms with Crippen LogP contribution in [0.4, 0.5) is 5.69 Å². The topological polar surface area (TPSA) is 116 Å². The van der Waals surface area contributed by atoms with E-state index in [4.69, 9.17) is 9.26 Å². The molecule has 140 valence electrons. The summed E-state index contributed by atoms with van der Waals surface area (Å²) in [5.41, 5.74) is 1.34. The molecule has 1 N–H and O–H groups in total. The Kier molecular flexibility index (Phi) is 5.81. The molecule has 26 heavy (non-hydrogen) atoms. The highest BCUT2D eigenvalue weighted by Crippen LogP contribution is 2.18. The lowest BCUT2D eigenvalue weighted by Crippen LogP contribution is -2.25. The van der Waals surface area contributed by atoms with Crippen LogP contribution in [0.25, 0.3) is 0 Å². The molecule has 1 unspecified atom stereocenters. The Balaban J connectivity index is 2.09. The highest BCUT2D eigenvalue weighted by Gasteiger charge is 2.25. The fraction of sp³-hybridized carbons (Fsp3) is 0.353. The van der Waals surface area contributed by atoms with Gasteiger partial charge in [-0.25, -0.2) is 13.2 Å². The molecule has 0 amide bonds. The average Bonchev–Trinajstić information content (AvgIpc) is 2.94. The van der Waals surface area contributed by atoms with E-state index >= 15 is 0 Å². The fourth-order valence-electron chi connectivity index (χ4n) is 2.35. The monoisotopic (exact) mass is 380 g/mol. The van der Waals surface area contributed by atoms with Crippen LogP contribution >= 0.6 is 0 Å². The highest BCUT2D eigenvalue weighted by atomic mass is 32.2. The zero-order valence-electron chi connectivity index (χ0n) is 14.9. The van der Waals surface area contributed by atoms with Gasteiger partial charge in [0.2, 0.25) is 15.8 Å². The first-order valence-corrected chi connectivity index (χ1v) is 9.79. The maximum Gasteiger partial charge on any atom is 0.344 e.